The van der Waals surface area contributed by atoms with E-state index in [0.717, 1.165) is 8.95 Å². The first-order valence-corrected chi connectivity index (χ1v) is 7.76. The molecule has 0 unspecified atom stereocenters. The van der Waals surface area contributed by atoms with Gasteiger partial charge in [-0.3, -0.25) is 4.79 Å². The average Bonchev–Trinajstić information content (AvgIpc) is 2.76. The highest BCUT2D eigenvalue weighted by Crippen LogP contribution is 2.29. The van der Waals surface area contributed by atoms with E-state index in [0.29, 0.717) is 15.6 Å². The molecule has 2 nitrogen and oxygen atoms in total. The molecule has 0 atom stereocenters. The second kappa shape index (κ2) is 6.19. The molecule has 0 saturated carbocycles. The Hall–Kier alpha value is -0.360. The van der Waals surface area contributed by atoms with Crippen LogP contribution in [0.1, 0.15) is 9.67 Å². The van der Waals surface area contributed by atoms with Crippen molar-refractivity contribution in [3.8, 4) is 5.75 Å². The third-order valence-electron chi connectivity index (χ3n) is 2.12. The van der Waals surface area contributed by atoms with Gasteiger partial charge in [0.15, 0.2) is 6.61 Å². The summed E-state index contributed by atoms with van der Waals surface area (Å²) in [5.74, 6) is 0.417. The van der Waals surface area contributed by atoms with Gasteiger partial charge in [-0.05, 0) is 45.6 Å². The number of thiophene rings is 1. The van der Waals surface area contributed by atoms with Gasteiger partial charge in [-0.25, -0.2) is 0 Å². The van der Waals surface area contributed by atoms with E-state index in [-0.39, 0.29) is 12.4 Å². The van der Waals surface area contributed by atoms with Gasteiger partial charge in [-0.2, -0.15) is 0 Å². The van der Waals surface area contributed by atoms with Crippen molar-refractivity contribution in [1.29, 1.82) is 0 Å². The Kier molecular flexibility index (Phi) is 4.84. The zero-order valence-electron chi connectivity index (χ0n) is 8.95. The number of rotatable bonds is 4. The first-order valence-electron chi connectivity index (χ1n) is 4.92. The van der Waals surface area contributed by atoms with Crippen molar-refractivity contribution in [2.24, 2.45) is 0 Å². The molecule has 0 radical (unpaired) electrons. The highest BCUT2D eigenvalue weighted by atomic mass is 79.9. The molecule has 0 spiro atoms. The van der Waals surface area contributed by atoms with E-state index in [4.69, 9.17) is 16.3 Å². The van der Waals surface area contributed by atoms with Crippen LogP contribution in [0.15, 0.2) is 38.6 Å². The van der Waals surface area contributed by atoms with E-state index in [1.165, 1.54) is 11.3 Å². The molecule has 0 saturated heterocycles. The molecule has 0 N–H and O–H groups in total. The number of hydrogen-bond acceptors (Lipinski definition) is 3. The van der Waals surface area contributed by atoms with Crippen LogP contribution >= 0.6 is 54.8 Å². The predicted molar refractivity (Wildman–Crippen MR) is 81.0 cm³/mol. The predicted octanol–water partition coefficient (Wildman–Crippen LogP) is 5.19. The fraction of sp³-hybridized carbons (Fsp3) is 0.0833. The number of Topliss-reactive ketones (excluding diaryl/α,β-unsaturated/α-hetero) is 1. The fourth-order valence-electron chi connectivity index (χ4n) is 1.29. The number of carbonyl (C=O) groups is 1. The van der Waals surface area contributed by atoms with E-state index in [2.05, 4.69) is 31.9 Å². The van der Waals surface area contributed by atoms with Crippen molar-refractivity contribution in [2.45, 2.75) is 0 Å². The molecule has 0 aliphatic carbocycles. The Bertz CT molecular complexity index is 583. The highest BCUT2D eigenvalue weighted by molar-refractivity contribution is 9.10. The maximum atomic E-state index is 11.9. The normalized spacial score (nSPS) is 10.4. The maximum absolute atomic E-state index is 11.9. The van der Waals surface area contributed by atoms with Gasteiger partial charge < -0.3 is 4.74 Å². The van der Waals surface area contributed by atoms with E-state index < -0.39 is 0 Å². The molecule has 1 aromatic heterocycles. The van der Waals surface area contributed by atoms with Crippen LogP contribution in [0.2, 0.25) is 5.02 Å². The molecule has 0 amide bonds. The summed E-state index contributed by atoms with van der Waals surface area (Å²) in [7, 11) is 0. The lowest BCUT2D eigenvalue weighted by Crippen LogP contribution is -2.10. The van der Waals surface area contributed by atoms with Crippen molar-refractivity contribution in [3.63, 3.8) is 0 Å². The second-order valence-corrected chi connectivity index (χ2v) is 6.48. The van der Waals surface area contributed by atoms with Crippen LogP contribution in [0.25, 0.3) is 0 Å². The minimum atomic E-state index is -0.0760. The zero-order valence-corrected chi connectivity index (χ0v) is 13.7. The number of hydrogen-bond donors (Lipinski definition) is 0. The van der Waals surface area contributed by atoms with Gasteiger partial charge in [0.25, 0.3) is 0 Å². The molecule has 1 heterocycles. The van der Waals surface area contributed by atoms with Crippen LogP contribution in [0.5, 0.6) is 5.75 Å². The lowest BCUT2D eigenvalue weighted by Gasteiger charge is -2.07. The fourth-order valence-corrected chi connectivity index (χ4v) is 3.32. The Balaban J connectivity index is 2.06. The quantitative estimate of drug-likeness (QED) is 0.649. The molecular formula is C12H7Br2ClO2S. The Morgan fingerprint density at radius 1 is 1.33 bits per heavy atom. The smallest absolute Gasteiger partial charge is 0.211 e. The first-order chi connectivity index (χ1) is 8.58. The van der Waals surface area contributed by atoms with Crippen LogP contribution in [-0.2, 0) is 0 Å². The van der Waals surface area contributed by atoms with Gasteiger partial charge in [-0.1, -0.05) is 27.5 Å². The molecule has 0 aliphatic heterocycles. The molecule has 0 bridgehead atoms. The third kappa shape index (κ3) is 3.35. The molecule has 94 valence electrons. The molecule has 6 heteroatoms. The summed E-state index contributed by atoms with van der Waals surface area (Å²) in [5.41, 5.74) is 0. The molecule has 2 rings (SSSR count). The molecule has 1 aromatic carbocycles. The molecular weight excluding hydrogens is 403 g/mol. The van der Waals surface area contributed by atoms with Gasteiger partial charge >= 0.3 is 0 Å². The summed E-state index contributed by atoms with van der Waals surface area (Å²) < 4.78 is 7.08. The lowest BCUT2D eigenvalue weighted by atomic mass is 10.3. The summed E-state index contributed by atoms with van der Waals surface area (Å²) in [4.78, 5) is 12.6. The summed E-state index contributed by atoms with van der Waals surface area (Å²) in [5, 5.41) is 2.33. The summed E-state index contributed by atoms with van der Waals surface area (Å²) in [6.45, 7) is -0.0325. The van der Waals surface area contributed by atoms with Crippen LogP contribution in [0.3, 0.4) is 0 Å². The van der Waals surface area contributed by atoms with Crippen molar-refractivity contribution < 1.29 is 9.53 Å². The average molecular weight is 411 g/mol. The van der Waals surface area contributed by atoms with Crippen LogP contribution in [0.4, 0.5) is 0 Å². The van der Waals surface area contributed by atoms with Crippen LogP contribution in [0, 0.1) is 0 Å². The van der Waals surface area contributed by atoms with Crippen LogP contribution in [-0.4, -0.2) is 12.4 Å². The number of benzene rings is 1. The number of ketones is 1. The van der Waals surface area contributed by atoms with Gasteiger partial charge in [0.1, 0.15) is 5.75 Å². The SMILES string of the molecule is O=C(COc1cc(Br)ccc1Cl)c1sccc1Br. The first kappa shape index (κ1) is 14.1. The van der Waals surface area contributed by atoms with E-state index >= 15 is 0 Å². The van der Waals surface area contributed by atoms with Gasteiger partial charge in [0.05, 0.1) is 9.90 Å². The second-order valence-electron chi connectivity index (χ2n) is 3.38. The standard InChI is InChI=1S/C12H7Br2ClO2S/c13-7-1-2-9(15)11(5-7)17-6-10(16)12-8(14)3-4-18-12/h1-5H,6H2. The summed E-state index contributed by atoms with van der Waals surface area (Å²) >= 11 is 14.0. The van der Waals surface area contributed by atoms with Crippen molar-refractivity contribution in [3.05, 3.63) is 48.5 Å². The maximum Gasteiger partial charge on any atom is 0.211 e. The number of carbonyl (C=O) groups excluding carboxylic acids is 1. The van der Waals surface area contributed by atoms with Crippen molar-refractivity contribution >= 4 is 60.6 Å². The summed E-state index contributed by atoms with van der Waals surface area (Å²) in [6.07, 6.45) is 0. The Labute approximate surface area is 130 Å². The largest absolute Gasteiger partial charge is 0.484 e. The molecule has 0 fully saturated rings. The lowest BCUT2D eigenvalue weighted by molar-refractivity contribution is 0.0925. The topological polar surface area (TPSA) is 26.3 Å². The van der Waals surface area contributed by atoms with E-state index in [1.807, 2.05) is 17.5 Å². The zero-order chi connectivity index (χ0) is 13.1. The molecule has 0 aliphatic rings. The minimum absolute atomic E-state index is 0.0325. The molecule has 2 aromatic rings. The van der Waals surface area contributed by atoms with Gasteiger partial charge in [0.2, 0.25) is 5.78 Å². The highest BCUT2D eigenvalue weighted by Gasteiger charge is 2.13. The number of ether oxygens (including phenoxy) is 1. The number of halogens is 3. The van der Waals surface area contributed by atoms with Gasteiger partial charge in [-0.15, -0.1) is 11.3 Å². The Morgan fingerprint density at radius 3 is 2.78 bits per heavy atom. The van der Waals surface area contributed by atoms with Crippen LogP contribution < -0.4 is 4.74 Å². The van der Waals surface area contributed by atoms with E-state index in [1.54, 1.807) is 12.1 Å². The third-order valence-corrected chi connectivity index (χ3v) is 4.81. The monoisotopic (exact) mass is 408 g/mol. The van der Waals surface area contributed by atoms with Gasteiger partial charge in [0, 0.05) is 8.95 Å². The minimum Gasteiger partial charge on any atom is -0.484 e. The van der Waals surface area contributed by atoms with Crippen molar-refractivity contribution in [2.75, 3.05) is 6.61 Å². The summed E-state index contributed by atoms with van der Waals surface area (Å²) in [6, 6.07) is 7.10. The Morgan fingerprint density at radius 2 is 2.11 bits per heavy atom. The molecule has 18 heavy (non-hydrogen) atoms. The van der Waals surface area contributed by atoms with Crippen molar-refractivity contribution in [1.82, 2.24) is 0 Å². The van der Waals surface area contributed by atoms with E-state index in [9.17, 15) is 4.79 Å².